The fourth-order valence-corrected chi connectivity index (χ4v) is 3.98. The standard InChI is InChI=1S/C18H29N3/c1-15-11-21(12-16(2)19-15)18-9-6-10-20(14-18)13-17-7-4-3-5-8-17/h3-5,7-8,15-16,18-19H,6,9-14H2,1-2H3. The van der Waals surface area contributed by atoms with Crippen molar-refractivity contribution in [1.29, 1.82) is 0 Å². The van der Waals surface area contributed by atoms with Crippen LogP contribution in [0.15, 0.2) is 30.3 Å². The SMILES string of the molecule is CC1CN(C2CCCN(Cc3ccccc3)C2)CC(C)N1. The van der Waals surface area contributed by atoms with Crippen LogP contribution >= 0.6 is 0 Å². The van der Waals surface area contributed by atoms with Crippen LogP contribution in [0.2, 0.25) is 0 Å². The number of piperazine rings is 1. The molecule has 1 N–H and O–H groups in total. The third kappa shape index (κ3) is 4.06. The molecule has 3 unspecified atom stereocenters. The van der Waals surface area contributed by atoms with Gasteiger partial charge in [-0.15, -0.1) is 0 Å². The number of nitrogens with zero attached hydrogens (tertiary/aromatic N) is 2. The van der Waals surface area contributed by atoms with Crippen molar-refractivity contribution in [1.82, 2.24) is 15.1 Å². The van der Waals surface area contributed by atoms with Crippen LogP contribution in [0, 0.1) is 0 Å². The summed E-state index contributed by atoms with van der Waals surface area (Å²) in [6, 6.07) is 12.9. The van der Waals surface area contributed by atoms with Gasteiger partial charge in [-0.3, -0.25) is 9.80 Å². The lowest BCUT2D eigenvalue weighted by atomic mass is 10.0. The largest absolute Gasteiger partial charge is 0.309 e. The molecule has 0 bridgehead atoms. The number of rotatable bonds is 3. The Kier molecular flexibility index (Phi) is 4.94. The minimum atomic E-state index is 0.623. The van der Waals surface area contributed by atoms with Crippen LogP contribution in [-0.2, 0) is 6.54 Å². The molecule has 0 aromatic heterocycles. The van der Waals surface area contributed by atoms with Crippen molar-refractivity contribution in [3.8, 4) is 0 Å². The maximum atomic E-state index is 3.64. The van der Waals surface area contributed by atoms with E-state index in [4.69, 9.17) is 0 Å². The van der Waals surface area contributed by atoms with Gasteiger partial charge in [-0.05, 0) is 38.8 Å². The first-order chi connectivity index (χ1) is 10.2. The summed E-state index contributed by atoms with van der Waals surface area (Å²) in [5.74, 6) is 0. The van der Waals surface area contributed by atoms with E-state index in [0.717, 1.165) is 12.6 Å². The summed E-state index contributed by atoms with van der Waals surface area (Å²) >= 11 is 0. The smallest absolute Gasteiger partial charge is 0.0234 e. The van der Waals surface area contributed by atoms with Crippen LogP contribution in [0.5, 0.6) is 0 Å². The molecule has 1 aromatic carbocycles. The second-order valence-electron chi connectivity index (χ2n) is 6.94. The van der Waals surface area contributed by atoms with Crippen molar-refractivity contribution in [2.45, 2.75) is 51.4 Å². The van der Waals surface area contributed by atoms with Gasteiger partial charge in [-0.1, -0.05) is 30.3 Å². The van der Waals surface area contributed by atoms with Gasteiger partial charge in [-0.25, -0.2) is 0 Å². The van der Waals surface area contributed by atoms with Gasteiger partial charge in [0, 0.05) is 44.3 Å². The van der Waals surface area contributed by atoms with Crippen molar-refractivity contribution in [2.24, 2.45) is 0 Å². The number of likely N-dealkylation sites (tertiary alicyclic amines) is 1. The van der Waals surface area contributed by atoms with Gasteiger partial charge in [0.15, 0.2) is 0 Å². The number of benzene rings is 1. The highest BCUT2D eigenvalue weighted by Crippen LogP contribution is 2.20. The molecule has 21 heavy (non-hydrogen) atoms. The third-order valence-electron chi connectivity index (χ3n) is 4.83. The summed E-state index contributed by atoms with van der Waals surface area (Å²) < 4.78 is 0. The minimum absolute atomic E-state index is 0.623. The Labute approximate surface area is 129 Å². The molecule has 0 radical (unpaired) electrons. The molecule has 3 atom stereocenters. The van der Waals surface area contributed by atoms with Gasteiger partial charge in [0.1, 0.15) is 0 Å². The van der Waals surface area contributed by atoms with Gasteiger partial charge >= 0.3 is 0 Å². The highest BCUT2D eigenvalue weighted by molar-refractivity contribution is 5.14. The third-order valence-corrected chi connectivity index (χ3v) is 4.83. The Bertz CT molecular complexity index is 423. The Morgan fingerprint density at radius 3 is 2.48 bits per heavy atom. The Balaban J connectivity index is 1.58. The van der Waals surface area contributed by atoms with E-state index in [1.54, 1.807) is 0 Å². The van der Waals surface area contributed by atoms with Gasteiger partial charge in [-0.2, -0.15) is 0 Å². The zero-order chi connectivity index (χ0) is 14.7. The van der Waals surface area contributed by atoms with Crippen molar-refractivity contribution in [3.05, 3.63) is 35.9 Å². The molecule has 3 nitrogen and oxygen atoms in total. The molecule has 2 heterocycles. The second kappa shape index (κ2) is 6.91. The van der Waals surface area contributed by atoms with Crippen LogP contribution in [0.3, 0.4) is 0 Å². The van der Waals surface area contributed by atoms with E-state index in [1.165, 1.54) is 44.6 Å². The summed E-state index contributed by atoms with van der Waals surface area (Å²) in [4.78, 5) is 5.36. The predicted octanol–water partition coefficient (Wildman–Crippen LogP) is 2.33. The van der Waals surface area contributed by atoms with Crippen LogP contribution in [0.4, 0.5) is 0 Å². The first-order valence-electron chi connectivity index (χ1n) is 8.47. The molecule has 3 heteroatoms. The van der Waals surface area contributed by atoms with Gasteiger partial charge in [0.25, 0.3) is 0 Å². The summed E-state index contributed by atoms with van der Waals surface area (Å²) in [6.45, 7) is 10.6. The van der Waals surface area contributed by atoms with Crippen molar-refractivity contribution in [2.75, 3.05) is 26.2 Å². The molecular formula is C18H29N3. The molecule has 0 spiro atoms. The van der Waals surface area contributed by atoms with Crippen LogP contribution < -0.4 is 5.32 Å². The number of hydrogen-bond donors (Lipinski definition) is 1. The molecule has 1 aromatic rings. The van der Waals surface area contributed by atoms with E-state index >= 15 is 0 Å². The first-order valence-corrected chi connectivity index (χ1v) is 8.47. The Hall–Kier alpha value is -0.900. The van der Waals surface area contributed by atoms with E-state index in [-0.39, 0.29) is 0 Å². The zero-order valence-electron chi connectivity index (χ0n) is 13.5. The average Bonchev–Trinajstić information content (AvgIpc) is 2.47. The van der Waals surface area contributed by atoms with Gasteiger partial charge in [0.05, 0.1) is 0 Å². The zero-order valence-corrected chi connectivity index (χ0v) is 13.5. The number of hydrogen-bond acceptors (Lipinski definition) is 3. The number of piperidine rings is 1. The Morgan fingerprint density at radius 2 is 1.76 bits per heavy atom. The van der Waals surface area contributed by atoms with Crippen LogP contribution in [0.25, 0.3) is 0 Å². The molecule has 0 amide bonds. The fourth-order valence-electron chi connectivity index (χ4n) is 3.98. The van der Waals surface area contributed by atoms with E-state index in [1.807, 2.05) is 0 Å². The molecule has 2 fully saturated rings. The molecule has 2 saturated heterocycles. The molecule has 3 rings (SSSR count). The molecule has 116 valence electrons. The van der Waals surface area contributed by atoms with Crippen molar-refractivity contribution < 1.29 is 0 Å². The predicted molar refractivity (Wildman–Crippen MR) is 88.4 cm³/mol. The average molecular weight is 287 g/mol. The van der Waals surface area contributed by atoms with Gasteiger partial charge < -0.3 is 5.32 Å². The summed E-state index contributed by atoms with van der Waals surface area (Å²) in [5.41, 5.74) is 1.44. The first kappa shape index (κ1) is 15.0. The lowest BCUT2D eigenvalue weighted by molar-refractivity contribution is 0.0608. The summed E-state index contributed by atoms with van der Waals surface area (Å²) in [5, 5.41) is 3.64. The van der Waals surface area contributed by atoms with Crippen LogP contribution in [0.1, 0.15) is 32.3 Å². The maximum absolute atomic E-state index is 3.64. The van der Waals surface area contributed by atoms with Crippen LogP contribution in [-0.4, -0.2) is 54.1 Å². The highest BCUT2D eigenvalue weighted by Gasteiger charge is 2.30. The highest BCUT2D eigenvalue weighted by atomic mass is 15.3. The molecule has 2 aliphatic heterocycles. The quantitative estimate of drug-likeness (QED) is 0.920. The molecule has 0 saturated carbocycles. The molecule has 2 aliphatic rings. The number of nitrogens with one attached hydrogen (secondary N) is 1. The monoisotopic (exact) mass is 287 g/mol. The maximum Gasteiger partial charge on any atom is 0.0234 e. The van der Waals surface area contributed by atoms with E-state index in [2.05, 4.69) is 59.3 Å². The van der Waals surface area contributed by atoms with Gasteiger partial charge in [0.2, 0.25) is 0 Å². The second-order valence-corrected chi connectivity index (χ2v) is 6.94. The van der Waals surface area contributed by atoms with Crippen molar-refractivity contribution >= 4 is 0 Å². The normalized spacial score (nSPS) is 32.2. The topological polar surface area (TPSA) is 18.5 Å². The lowest BCUT2D eigenvalue weighted by Crippen LogP contribution is -2.59. The summed E-state index contributed by atoms with van der Waals surface area (Å²) in [6.07, 6.45) is 2.70. The van der Waals surface area contributed by atoms with E-state index in [9.17, 15) is 0 Å². The van der Waals surface area contributed by atoms with E-state index < -0.39 is 0 Å². The minimum Gasteiger partial charge on any atom is -0.309 e. The fraction of sp³-hybridized carbons (Fsp3) is 0.667. The summed E-state index contributed by atoms with van der Waals surface area (Å²) in [7, 11) is 0. The Morgan fingerprint density at radius 1 is 1.05 bits per heavy atom. The van der Waals surface area contributed by atoms with Crippen molar-refractivity contribution in [3.63, 3.8) is 0 Å². The lowest BCUT2D eigenvalue weighted by Gasteiger charge is -2.44. The molecule has 0 aliphatic carbocycles. The molecular weight excluding hydrogens is 258 g/mol. The van der Waals surface area contributed by atoms with E-state index in [0.29, 0.717) is 12.1 Å².